The highest BCUT2D eigenvalue weighted by atomic mass is 16.4. The first-order valence-corrected chi connectivity index (χ1v) is 5.75. The van der Waals surface area contributed by atoms with E-state index < -0.39 is 0 Å². The molecule has 0 amide bonds. The third-order valence-electron chi connectivity index (χ3n) is 2.60. The third kappa shape index (κ3) is 2.69. The van der Waals surface area contributed by atoms with Gasteiger partial charge in [0.25, 0.3) is 0 Å². The van der Waals surface area contributed by atoms with Gasteiger partial charge in [0.05, 0.1) is 0 Å². The van der Waals surface area contributed by atoms with Crippen molar-refractivity contribution in [1.29, 1.82) is 0 Å². The molecule has 3 heteroatoms. The fourth-order valence-electron chi connectivity index (χ4n) is 1.74. The monoisotopic (exact) mass is 216 g/mol. The normalized spacial score (nSPS) is 10.6. The average molecular weight is 216 g/mol. The molecular formula is C13H16N2O. The van der Waals surface area contributed by atoms with E-state index in [1.807, 2.05) is 12.1 Å². The first-order chi connectivity index (χ1) is 7.90. The van der Waals surface area contributed by atoms with Crippen LogP contribution in [0.3, 0.4) is 0 Å². The fraction of sp³-hybridized carbons (Fsp3) is 0.385. The molecule has 0 bridgehead atoms. The number of aromatic nitrogens is 2. The Labute approximate surface area is 95.5 Å². The van der Waals surface area contributed by atoms with Crippen molar-refractivity contribution in [2.75, 3.05) is 0 Å². The lowest BCUT2D eigenvalue weighted by Crippen LogP contribution is -1.87. The van der Waals surface area contributed by atoms with Crippen molar-refractivity contribution in [2.45, 2.75) is 32.6 Å². The Hall–Kier alpha value is -1.64. The van der Waals surface area contributed by atoms with Crippen molar-refractivity contribution in [3.8, 4) is 11.5 Å². The number of hydrogen-bond acceptors (Lipinski definition) is 3. The molecule has 1 aromatic heterocycles. The summed E-state index contributed by atoms with van der Waals surface area (Å²) in [6, 6.07) is 8.32. The number of aryl methyl sites for hydroxylation is 1. The van der Waals surface area contributed by atoms with Gasteiger partial charge in [-0.2, -0.15) is 0 Å². The molecule has 0 radical (unpaired) electrons. The molecule has 0 aliphatic rings. The van der Waals surface area contributed by atoms with E-state index >= 15 is 0 Å². The summed E-state index contributed by atoms with van der Waals surface area (Å²) in [7, 11) is 0. The van der Waals surface area contributed by atoms with E-state index in [-0.39, 0.29) is 0 Å². The van der Waals surface area contributed by atoms with Gasteiger partial charge in [-0.1, -0.05) is 31.9 Å². The molecule has 0 fully saturated rings. The minimum atomic E-state index is 0.595. The summed E-state index contributed by atoms with van der Waals surface area (Å²) in [6.45, 7) is 2.22. The van der Waals surface area contributed by atoms with Crippen LogP contribution in [0.1, 0.15) is 31.7 Å². The van der Waals surface area contributed by atoms with Gasteiger partial charge in [-0.25, -0.2) is 0 Å². The van der Waals surface area contributed by atoms with Crippen molar-refractivity contribution < 1.29 is 4.42 Å². The summed E-state index contributed by atoms with van der Waals surface area (Å²) in [5, 5.41) is 7.59. The molecule has 0 saturated carbocycles. The van der Waals surface area contributed by atoms with Crippen LogP contribution in [-0.4, -0.2) is 10.2 Å². The molecule has 3 nitrogen and oxygen atoms in total. The molecule has 0 aliphatic heterocycles. The molecule has 0 spiro atoms. The first kappa shape index (κ1) is 10.9. The smallest absolute Gasteiger partial charge is 0.247 e. The van der Waals surface area contributed by atoms with Gasteiger partial charge in [0.15, 0.2) is 0 Å². The molecule has 84 valence electrons. The molecule has 1 heterocycles. The third-order valence-corrected chi connectivity index (χ3v) is 2.60. The van der Waals surface area contributed by atoms with Crippen molar-refractivity contribution in [3.63, 3.8) is 0 Å². The second-order valence-corrected chi connectivity index (χ2v) is 3.90. The van der Waals surface area contributed by atoms with Gasteiger partial charge in [-0.3, -0.25) is 0 Å². The zero-order valence-electron chi connectivity index (χ0n) is 9.52. The molecule has 0 unspecified atom stereocenters. The van der Waals surface area contributed by atoms with Crippen LogP contribution in [0.25, 0.3) is 11.5 Å². The van der Waals surface area contributed by atoms with Gasteiger partial charge in [0.2, 0.25) is 12.3 Å². The van der Waals surface area contributed by atoms with Gasteiger partial charge in [0, 0.05) is 5.56 Å². The second kappa shape index (κ2) is 5.45. The summed E-state index contributed by atoms with van der Waals surface area (Å²) in [6.07, 6.45) is 6.26. The van der Waals surface area contributed by atoms with E-state index in [1.165, 1.54) is 31.2 Å². The standard InChI is InChI=1S/C13H16N2O/c1-2-3-4-6-11-7-5-8-12(9-11)13-15-14-10-16-13/h5,7-10H,2-4,6H2,1H3. The summed E-state index contributed by atoms with van der Waals surface area (Å²) in [5.74, 6) is 0.595. The van der Waals surface area contributed by atoms with Crippen molar-refractivity contribution in [3.05, 3.63) is 36.2 Å². The van der Waals surface area contributed by atoms with Crippen LogP contribution in [0.15, 0.2) is 35.1 Å². The number of hydrogen-bond donors (Lipinski definition) is 0. The van der Waals surface area contributed by atoms with Crippen molar-refractivity contribution in [2.24, 2.45) is 0 Å². The minimum absolute atomic E-state index is 0.595. The Morgan fingerprint density at radius 2 is 2.19 bits per heavy atom. The Morgan fingerprint density at radius 3 is 2.94 bits per heavy atom. The second-order valence-electron chi connectivity index (χ2n) is 3.90. The van der Waals surface area contributed by atoms with Crippen LogP contribution in [0, 0.1) is 0 Å². The van der Waals surface area contributed by atoms with Gasteiger partial charge in [0.1, 0.15) is 0 Å². The SMILES string of the molecule is CCCCCc1cccc(-c2nnco2)c1. The fourth-order valence-corrected chi connectivity index (χ4v) is 1.74. The highest BCUT2D eigenvalue weighted by Crippen LogP contribution is 2.18. The highest BCUT2D eigenvalue weighted by Gasteiger charge is 2.03. The van der Waals surface area contributed by atoms with E-state index in [2.05, 4.69) is 29.3 Å². The van der Waals surface area contributed by atoms with Crippen LogP contribution in [-0.2, 0) is 6.42 Å². The highest BCUT2D eigenvalue weighted by molar-refractivity contribution is 5.53. The molecule has 0 atom stereocenters. The van der Waals surface area contributed by atoms with Crippen LogP contribution < -0.4 is 0 Å². The van der Waals surface area contributed by atoms with E-state index in [0.717, 1.165) is 12.0 Å². The van der Waals surface area contributed by atoms with Crippen molar-refractivity contribution >= 4 is 0 Å². The average Bonchev–Trinajstić information content (AvgIpc) is 2.83. The zero-order valence-corrected chi connectivity index (χ0v) is 9.52. The van der Waals surface area contributed by atoms with Crippen LogP contribution in [0.2, 0.25) is 0 Å². The van der Waals surface area contributed by atoms with Crippen molar-refractivity contribution in [1.82, 2.24) is 10.2 Å². The van der Waals surface area contributed by atoms with Gasteiger partial charge >= 0.3 is 0 Å². The van der Waals surface area contributed by atoms with Crippen LogP contribution >= 0.6 is 0 Å². The van der Waals surface area contributed by atoms with Crippen LogP contribution in [0.4, 0.5) is 0 Å². The predicted octanol–water partition coefficient (Wildman–Crippen LogP) is 3.47. The lowest BCUT2D eigenvalue weighted by Gasteiger charge is -2.02. The minimum Gasteiger partial charge on any atom is -0.423 e. The van der Waals surface area contributed by atoms with Gasteiger partial charge in [-0.05, 0) is 30.5 Å². The first-order valence-electron chi connectivity index (χ1n) is 5.75. The van der Waals surface area contributed by atoms with E-state index in [0.29, 0.717) is 5.89 Å². The number of nitrogens with zero attached hydrogens (tertiary/aromatic N) is 2. The van der Waals surface area contributed by atoms with E-state index in [4.69, 9.17) is 4.42 Å². The maximum Gasteiger partial charge on any atom is 0.247 e. The number of benzene rings is 1. The number of rotatable bonds is 5. The van der Waals surface area contributed by atoms with E-state index in [9.17, 15) is 0 Å². The molecule has 0 N–H and O–H groups in total. The molecule has 2 aromatic rings. The largest absolute Gasteiger partial charge is 0.423 e. The van der Waals surface area contributed by atoms with Gasteiger partial charge < -0.3 is 4.42 Å². The Kier molecular flexibility index (Phi) is 3.70. The van der Waals surface area contributed by atoms with Crippen LogP contribution in [0.5, 0.6) is 0 Å². The Bertz CT molecular complexity index is 423. The zero-order chi connectivity index (χ0) is 11.2. The predicted molar refractivity (Wildman–Crippen MR) is 63.0 cm³/mol. The lowest BCUT2D eigenvalue weighted by molar-refractivity contribution is 0.568. The maximum absolute atomic E-state index is 5.18. The number of unbranched alkanes of at least 4 members (excludes halogenated alkanes) is 2. The molecule has 16 heavy (non-hydrogen) atoms. The molecule has 1 aromatic carbocycles. The lowest BCUT2D eigenvalue weighted by atomic mass is 10.0. The van der Waals surface area contributed by atoms with Gasteiger partial charge in [-0.15, -0.1) is 10.2 Å². The summed E-state index contributed by atoms with van der Waals surface area (Å²) >= 11 is 0. The molecular weight excluding hydrogens is 200 g/mol. The summed E-state index contributed by atoms with van der Waals surface area (Å²) in [5.41, 5.74) is 2.34. The molecule has 2 rings (SSSR count). The Balaban J connectivity index is 2.08. The Morgan fingerprint density at radius 1 is 1.25 bits per heavy atom. The topological polar surface area (TPSA) is 38.9 Å². The quantitative estimate of drug-likeness (QED) is 0.718. The maximum atomic E-state index is 5.18. The van der Waals surface area contributed by atoms with E-state index in [1.54, 1.807) is 0 Å². The summed E-state index contributed by atoms with van der Waals surface area (Å²) < 4.78 is 5.18. The summed E-state index contributed by atoms with van der Waals surface area (Å²) in [4.78, 5) is 0. The molecule has 0 aliphatic carbocycles. The molecule has 0 saturated heterocycles.